The minimum absolute atomic E-state index is 0.00519. The van der Waals surface area contributed by atoms with Gasteiger partial charge in [-0.25, -0.2) is 4.79 Å². The van der Waals surface area contributed by atoms with Crippen LogP contribution >= 0.6 is 0 Å². The second-order valence-electron chi connectivity index (χ2n) is 34.6. The Bertz CT molecular complexity index is 3500. The topological polar surface area (TPSA) is 534 Å². The molecule has 112 heavy (non-hydrogen) atoms. The normalized spacial score (nSPS) is 48.0. The van der Waals surface area contributed by atoms with Crippen molar-refractivity contribution in [3.8, 4) is 17.2 Å². The van der Waals surface area contributed by atoms with Gasteiger partial charge in [-0.05, 0) is 142 Å². The minimum Gasteiger partial charge on any atom is -0.493 e. The number of carbonyl (C=O) groups excluding carboxylic acids is 2. The van der Waals surface area contributed by atoms with Crippen molar-refractivity contribution in [2.75, 3.05) is 67.6 Å². The summed E-state index contributed by atoms with van der Waals surface area (Å²) in [4.78, 5) is 44.5. The number of carbonyl (C=O) groups is 3. The van der Waals surface area contributed by atoms with E-state index in [4.69, 9.17) is 71.1 Å². The zero-order valence-corrected chi connectivity index (χ0v) is 64.7. The number of ether oxygens (including phenoxy) is 15. The Kier molecular flexibility index (Phi) is 25.8. The van der Waals surface area contributed by atoms with Crippen LogP contribution in [0.3, 0.4) is 0 Å². The fraction of sp³-hybridized carbons (Fsp3) is 0.831. The Morgan fingerprint density at radius 1 is 0.598 bits per heavy atom. The Hall–Kier alpha value is -4.53. The van der Waals surface area contributed by atoms with Gasteiger partial charge in [0.05, 0.1) is 90.6 Å². The predicted octanol–water partition coefficient (Wildman–Crippen LogP) is -2.41. The number of esters is 2. The van der Waals surface area contributed by atoms with Crippen LogP contribution in [0.15, 0.2) is 29.9 Å². The summed E-state index contributed by atoms with van der Waals surface area (Å²) in [5.41, 5.74) is -7.40. The summed E-state index contributed by atoms with van der Waals surface area (Å²) in [6.45, 7) is 8.57. The number of allylic oxidation sites excluding steroid dienone is 1. The van der Waals surface area contributed by atoms with Crippen molar-refractivity contribution < 1.29 is 172 Å². The van der Waals surface area contributed by atoms with Crippen LogP contribution in [0, 0.1) is 56.2 Å². The summed E-state index contributed by atoms with van der Waals surface area (Å²) < 4.78 is 89.9. The first-order valence-electron chi connectivity index (χ1n) is 38.8. The highest BCUT2D eigenvalue weighted by molar-refractivity contribution is 5.87. The minimum atomic E-state index is -2.26. The van der Waals surface area contributed by atoms with Gasteiger partial charge in [0.25, 0.3) is 0 Å². The molecule has 0 amide bonds. The SMILES string of the molecule is COc1cc(C=CC(=O)OC2C(C)CC(OC(=O)C34CCC(C)(C)CC3C3=CCC5C6(C)CC(O)C(OC7OC(CO)C(O)C(O)C7O)C(C)(C(=O)O)C6CCC5(C)C3(CO)CC4)C(OC3OC(C)C(OCC4OCC(O)C(OC5OCC(O)C(O)C5O)C4O)C(OC4OCC(O)(CO)C4O)C3O)C2O)cc(OC)c1OC. The molecule has 5 saturated carbocycles. The molecule has 10 fully saturated rings. The highest BCUT2D eigenvalue weighted by atomic mass is 16.8. The fourth-order valence-electron chi connectivity index (χ4n) is 21.2. The Morgan fingerprint density at radius 2 is 1.25 bits per heavy atom. The molecule has 11 aliphatic rings. The predicted molar refractivity (Wildman–Crippen MR) is 379 cm³/mol. The Balaban J connectivity index is 0.847. The van der Waals surface area contributed by atoms with Crippen LogP contribution in [0.4, 0.5) is 0 Å². The van der Waals surface area contributed by atoms with Gasteiger partial charge in [0.1, 0.15) is 128 Å². The molecule has 1 aromatic rings. The van der Waals surface area contributed by atoms with Crippen molar-refractivity contribution in [3.05, 3.63) is 35.4 Å². The van der Waals surface area contributed by atoms with E-state index in [0.29, 0.717) is 37.7 Å². The molecule has 0 spiro atoms. The van der Waals surface area contributed by atoms with Crippen LogP contribution in [-0.2, 0) is 71.2 Å². The number of aliphatic hydroxyl groups is 16. The van der Waals surface area contributed by atoms with E-state index in [-0.39, 0.29) is 56.0 Å². The van der Waals surface area contributed by atoms with Gasteiger partial charge in [0.15, 0.2) is 36.7 Å². The number of benzene rings is 1. The zero-order valence-electron chi connectivity index (χ0n) is 64.7. The van der Waals surface area contributed by atoms with Crippen LogP contribution in [0.2, 0.25) is 0 Å². The molecule has 17 N–H and O–H groups in total. The van der Waals surface area contributed by atoms with E-state index in [2.05, 4.69) is 26.8 Å². The quantitative estimate of drug-likeness (QED) is 0.0235. The molecule has 5 saturated heterocycles. The van der Waals surface area contributed by atoms with E-state index in [1.54, 1.807) is 19.1 Å². The lowest BCUT2D eigenvalue weighted by molar-refractivity contribution is -0.353. The summed E-state index contributed by atoms with van der Waals surface area (Å²) >= 11 is 0. The van der Waals surface area contributed by atoms with Crippen molar-refractivity contribution in [1.82, 2.24) is 0 Å². The van der Waals surface area contributed by atoms with Crippen molar-refractivity contribution in [1.29, 1.82) is 0 Å². The van der Waals surface area contributed by atoms with Crippen LogP contribution < -0.4 is 14.2 Å². The molecule has 35 heteroatoms. The zero-order chi connectivity index (χ0) is 81.6. The van der Waals surface area contributed by atoms with Crippen molar-refractivity contribution in [2.45, 2.75) is 278 Å². The molecule has 0 aromatic heterocycles. The molecule has 36 atom stereocenters. The smallest absolute Gasteiger partial charge is 0.331 e. The average molecular weight is 1600 g/mol. The van der Waals surface area contributed by atoms with E-state index in [1.807, 2.05) is 6.92 Å². The lowest BCUT2D eigenvalue weighted by Crippen LogP contribution is -2.71. The maximum Gasteiger partial charge on any atom is 0.331 e. The molecule has 5 heterocycles. The number of rotatable bonds is 23. The van der Waals surface area contributed by atoms with Crippen LogP contribution in [0.5, 0.6) is 17.2 Å². The Morgan fingerprint density at radius 3 is 1.89 bits per heavy atom. The van der Waals surface area contributed by atoms with E-state index < -0.39 is 279 Å². The molecule has 0 radical (unpaired) electrons. The van der Waals surface area contributed by atoms with E-state index in [0.717, 1.165) is 11.6 Å². The van der Waals surface area contributed by atoms with Gasteiger partial charge in [-0.2, -0.15) is 0 Å². The lowest BCUT2D eigenvalue weighted by atomic mass is 9.33. The number of aliphatic carboxylic acids is 1. The number of carboxylic acid groups (broad SMARTS) is 1. The van der Waals surface area contributed by atoms with E-state index >= 15 is 4.79 Å². The van der Waals surface area contributed by atoms with Crippen LogP contribution in [0.1, 0.15) is 118 Å². The third kappa shape index (κ3) is 15.2. The third-order valence-corrected chi connectivity index (χ3v) is 27.7. The molecular weight excluding hydrogens is 1480 g/mol. The number of hydrogen-bond donors (Lipinski definition) is 17. The summed E-state index contributed by atoms with van der Waals surface area (Å²) in [6, 6.07) is 3.17. The van der Waals surface area contributed by atoms with Crippen molar-refractivity contribution >= 4 is 24.0 Å². The maximum atomic E-state index is 16.3. The fourth-order valence-corrected chi connectivity index (χ4v) is 21.2. The second kappa shape index (κ2) is 33.3. The van der Waals surface area contributed by atoms with E-state index in [9.17, 15) is 96.4 Å². The first kappa shape index (κ1) is 86.8. The monoisotopic (exact) mass is 1600 g/mol. The summed E-state index contributed by atoms with van der Waals surface area (Å²) in [6.07, 6.45) is -36.1. The second-order valence-corrected chi connectivity index (χ2v) is 34.6. The van der Waals surface area contributed by atoms with E-state index in [1.165, 1.54) is 41.3 Å². The third-order valence-electron chi connectivity index (χ3n) is 27.7. The largest absolute Gasteiger partial charge is 0.493 e. The first-order chi connectivity index (χ1) is 52.8. The highest BCUT2D eigenvalue weighted by Gasteiger charge is 2.74. The molecular formula is C77H116O35. The van der Waals surface area contributed by atoms with Gasteiger partial charge >= 0.3 is 17.9 Å². The summed E-state index contributed by atoms with van der Waals surface area (Å²) in [7, 11) is 4.27. The number of fused-ring (bicyclic) bond motifs is 7. The molecule has 12 rings (SSSR count). The van der Waals surface area contributed by atoms with Crippen LogP contribution in [-0.4, -0.2) is 337 Å². The molecule has 1 aromatic carbocycles. The number of methoxy groups -OCH3 is 3. The number of carboxylic acids is 1. The molecule has 5 aliphatic heterocycles. The number of aliphatic hydroxyl groups excluding tert-OH is 15. The number of hydrogen-bond acceptors (Lipinski definition) is 34. The highest BCUT2D eigenvalue weighted by Crippen LogP contribution is 2.76. The summed E-state index contributed by atoms with van der Waals surface area (Å²) in [5.74, 6) is -4.59. The van der Waals surface area contributed by atoms with Gasteiger partial charge < -0.3 is 158 Å². The van der Waals surface area contributed by atoms with Crippen LogP contribution in [0.25, 0.3) is 6.08 Å². The lowest BCUT2D eigenvalue weighted by Gasteiger charge is -2.71. The maximum absolute atomic E-state index is 16.3. The van der Waals surface area contributed by atoms with Gasteiger partial charge in [0.2, 0.25) is 5.75 Å². The van der Waals surface area contributed by atoms with Gasteiger partial charge in [0, 0.05) is 11.5 Å². The van der Waals surface area contributed by atoms with Gasteiger partial charge in [-0.15, -0.1) is 0 Å². The standard InChI is InChI=1S/C77H116O35/c1-33-21-43(107-70(96)75-18-17-71(3,4)24-37(75)36-12-13-46-72(5)25-38(81)64(112-66-54(90)52(88)50(86)44(26-78)106-66)74(7,69(94)95)47(72)15-16-73(46,6)76(36,30-79)20-19-75)61(55(91)57(33)108-48(84)14-11-35-22-41(98-8)60(100-10)42(23-35)99-9)110-67-56(92)62(111-68-63(93)77(97,31-80)32-104-68)58(34(2)105-67)102-29-45-51(87)59(40(83)28-101-45)109-65-53(89)49(85)39(82)27-103-65/h11-12,14,22-23,33-34,37-40,43-47,49-59,61-68,78-83,85-93,97H,13,15-21,24-32H2,1-10H3,(H,94,95). The summed E-state index contributed by atoms with van der Waals surface area (Å²) in [5, 5.41) is 191. The first-order valence-corrected chi connectivity index (χ1v) is 38.8. The molecule has 0 bridgehead atoms. The molecule has 634 valence electrons. The van der Waals surface area contributed by atoms with Crippen molar-refractivity contribution in [3.63, 3.8) is 0 Å². The van der Waals surface area contributed by atoms with Gasteiger partial charge in [-0.1, -0.05) is 46.3 Å². The van der Waals surface area contributed by atoms with Crippen molar-refractivity contribution in [2.24, 2.45) is 56.2 Å². The molecule has 35 nitrogen and oxygen atoms in total. The average Bonchev–Trinajstić information content (AvgIpc) is 0.749. The Labute approximate surface area is 648 Å². The van der Waals surface area contributed by atoms with Gasteiger partial charge in [-0.3, -0.25) is 9.59 Å². The molecule has 6 aliphatic carbocycles. The molecule has 36 unspecified atom stereocenters.